The van der Waals surface area contributed by atoms with Crippen LogP contribution in [0.1, 0.15) is 19.3 Å². The number of hydrogen-bond donors (Lipinski definition) is 2. The van der Waals surface area contributed by atoms with Crippen LogP contribution in [0.15, 0.2) is 16.9 Å². The molecule has 1 aliphatic rings. The molecule has 2 rings (SSSR count). The van der Waals surface area contributed by atoms with Gasteiger partial charge in [0.25, 0.3) is 5.56 Å². The van der Waals surface area contributed by atoms with E-state index in [4.69, 9.17) is 0 Å². The Morgan fingerprint density at radius 1 is 1.50 bits per heavy atom. The van der Waals surface area contributed by atoms with Gasteiger partial charge in [-0.1, -0.05) is 0 Å². The topological polar surface area (TPSA) is 57.8 Å². The van der Waals surface area contributed by atoms with Gasteiger partial charge in [-0.3, -0.25) is 4.79 Å². The van der Waals surface area contributed by atoms with Crippen LogP contribution in [-0.2, 0) is 0 Å². The fourth-order valence-electron chi connectivity index (χ4n) is 1.19. The van der Waals surface area contributed by atoms with E-state index in [9.17, 15) is 4.79 Å². The quantitative estimate of drug-likeness (QED) is 0.679. The molecule has 1 aromatic heterocycles. The van der Waals surface area contributed by atoms with E-state index in [0.29, 0.717) is 6.04 Å². The first-order valence-corrected chi connectivity index (χ1v) is 4.17. The van der Waals surface area contributed by atoms with Crippen LogP contribution in [0, 0.1) is 0 Å². The number of hydrogen-bond acceptors (Lipinski definition) is 3. The number of aromatic amines is 1. The molecule has 0 aliphatic heterocycles. The minimum absolute atomic E-state index is 0.158. The van der Waals surface area contributed by atoms with Crippen molar-refractivity contribution in [1.82, 2.24) is 10.2 Å². The SMILES string of the molecule is O=c1ccc(NC2CCC2)n[nH]1. The summed E-state index contributed by atoms with van der Waals surface area (Å²) in [6.07, 6.45) is 3.71. The summed E-state index contributed by atoms with van der Waals surface area (Å²) in [5.74, 6) is 0.763. The van der Waals surface area contributed by atoms with Gasteiger partial charge in [-0.2, -0.15) is 5.10 Å². The van der Waals surface area contributed by atoms with E-state index in [1.54, 1.807) is 6.07 Å². The van der Waals surface area contributed by atoms with Crippen molar-refractivity contribution < 1.29 is 0 Å². The van der Waals surface area contributed by atoms with E-state index in [2.05, 4.69) is 15.5 Å². The smallest absolute Gasteiger partial charge is 0.264 e. The number of rotatable bonds is 2. The van der Waals surface area contributed by atoms with Crippen molar-refractivity contribution in [3.63, 3.8) is 0 Å². The maximum atomic E-state index is 10.6. The van der Waals surface area contributed by atoms with Crippen molar-refractivity contribution in [3.05, 3.63) is 22.5 Å². The van der Waals surface area contributed by atoms with Crippen LogP contribution < -0.4 is 10.9 Å². The van der Waals surface area contributed by atoms with Crippen LogP contribution >= 0.6 is 0 Å². The van der Waals surface area contributed by atoms with Crippen LogP contribution in [0.5, 0.6) is 0 Å². The lowest BCUT2D eigenvalue weighted by atomic mass is 9.93. The first-order chi connectivity index (χ1) is 5.84. The summed E-state index contributed by atoms with van der Waals surface area (Å²) in [6, 6.07) is 3.74. The molecule has 2 N–H and O–H groups in total. The Morgan fingerprint density at radius 2 is 2.33 bits per heavy atom. The van der Waals surface area contributed by atoms with Crippen molar-refractivity contribution in [3.8, 4) is 0 Å². The van der Waals surface area contributed by atoms with Crippen molar-refractivity contribution in [1.29, 1.82) is 0 Å². The Bertz CT molecular complexity index is 296. The molecule has 1 aliphatic carbocycles. The van der Waals surface area contributed by atoms with Crippen LogP contribution in [0.2, 0.25) is 0 Å². The maximum Gasteiger partial charge on any atom is 0.264 e. The Hall–Kier alpha value is -1.32. The predicted molar refractivity (Wildman–Crippen MR) is 46.1 cm³/mol. The minimum atomic E-state index is -0.158. The third-order valence-electron chi connectivity index (χ3n) is 2.14. The monoisotopic (exact) mass is 165 g/mol. The first-order valence-electron chi connectivity index (χ1n) is 4.17. The van der Waals surface area contributed by atoms with E-state index < -0.39 is 0 Å². The van der Waals surface area contributed by atoms with Gasteiger partial charge in [-0.25, -0.2) is 5.10 Å². The second kappa shape index (κ2) is 2.97. The molecule has 0 atom stereocenters. The average molecular weight is 165 g/mol. The highest BCUT2D eigenvalue weighted by molar-refractivity contribution is 5.33. The zero-order valence-corrected chi connectivity index (χ0v) is 6.71. The number of nitrogens with zero attached hydrogens (tertiary/aromatic N) is 1. The summed E-state index contributed by atoms with van der Waals surface area (Å²) in [7, 11) is 0. The van der Waals surface area contributed by atoms with Gasteiger partial charge in [-0.05, 0) is 25.3 Å². The second-order valence-electron chi connectivity index (χ2n) is 3.08. The second-order valence-corrected chi connectivity index (χ2v) is 3.08. The molecule has 1 saturated carbocycles. The lowest BCUT2D eigenvalue weighted by Crippen LogP contribution is -2.28. The molecule has 1 heterocycles. The minimum Gasteiger partial charge on any atom is -0.366 e. The number of anilines is 1. The zero-order chi connectivity index (χ0) is 8.39. The normalized spacial score (nSPS) is 17.0. The molecule has 4 heteroatoms. The molecule has 0 aromatic carbocycles. The third kappa shape index (κ3) is 1.47. The summed E-state index contributed by atoms with van der Waals surface area (Å²) in [4.78, 5) is 10.6. The highest BCUT2D eigenvalue weighted by Gasteiger charge is 2.16. The van der Waals surface area contributed by atoms with Crippen molar-refractivity contribution in [2.45, 2.75) is 25.3 Å². The Balaban J connectivity index is 2.03. The van der Waals surface area contributed by atoms with Gasteiger partial charge in [0.05, 0.1) is 0 Å². The molecule has 4 nitrogen and oxygen atoms in total. The highest BCUT2D eigenvalue weighted by atomic mass is 16.1. The van der Waals surface area contributed by atoms with Crippen molar-refractivity contribution >= 4 is 5.82 Å². The van der Waals surface area contributed by atoms with Gasteiger partial charge in [0.1, 0.15) is 5.82 Å². The van der Waals surface area contributed by atoms with E-state index in [1.807, 2.05) is 0 Å². The van der Waals surface area contributed by atoms with Crippen LogP contribution in [-0.4, -0.2) is 16.2 Å². The van der Waals surface area contributed by atoms with Crippen molar-refractivity contribution in [2.24, 2.45) is 0 Å². The van der Waals surface area contributed by atoms with Crippen LogP contribution in [0.3, 0.4) is 0 Å². The lowest BCUT2D eigenvalue weighted by molar-refractivity contribution is 0.444. The molecule has 0 bridgehead atoms. The molecular weight excluding hydrogens is 154 g/mol. The molecule has 64 valence electrons. The fourth-order valence-corrected chi connectivity index (χ4v) is 1.19. The summed E-state index contributed by atoms with van der Waals surface area (Å²) in [5, 5.41) is 9.46. The van der Waals surface area contributed by atoms with Gasteiger partial charge >= 0.3 is 0 Å². The van der Waals surface area contributed by atoms with Gasteiger partial charge in [0, 0.05) is 12.1 Å². The molecule has 0 saturated heterocycles. The summed E-state index contributed by atoms with van der Waals surface area (Å²) in [6.45, 7) is 0. The number of nitrogens with one attached hydrogen (secondary N) is 2. The zero-order valence-electron chi connectivity index (χ0n) is 6.71. The van der Waals surface area contributed by atoms with Crippen LogP contribution in [0.4, 0.5) is 5.82 Å². The summed E-state index contributed by atoms with van der Waals surface area (Å²) in [5.41, 5.74) is -0.158. The summed E-state index contributed by atoms with van der Waals surface area (Å²) >= 11 is 0. The molecule has 0 spiro atoms. The Morgan fingerprint density at radius 3 is 2.83 bits per heavy atom. The average Bonchev–Trinajstić information content (AvgIpc) is 2.00. The van der Waals surface area contributed by atoms with E-state index in [1.165, 1.54) is 25.3 Å². The third-order valence-corrected chi connectivity index (χ3v) is 2.14. The molecule has 1 aromatic rings. The molecule has 0 radical (unpaired) electrons. The number of aromatic nitrogens is 2. The standard InChI is InChI=1S/C8H11N3O/c12-8-5-4-7(10-11-8)9-6-2-1-3-6/h4-6H,1-3H2,(H,9,10)(H,11,12). The lowest BCUT2D eigenvalue weighted by Gasteiger charge is -2.26. The predicted octanol–water partition coefficient (Wildman–Crippen LogP) is 0.734. The highest BCUT2D eigenvalue weighted by Crippen LogP contribution is 2.21. The number of H-pyrrole nitrogens is 1. The van der Waals surface area contributed by atoms with Gasteiger partial charge < -0.3 is 5.32 Å². The van der Waals surface area contributed by atoms with Crippen molar-refractivity contribution in [2.75, 3.05) is 5.32 Å². The van der Waals surface area contributed by atoms with E-state index in [0.717, 1.165) is 5.82 Å². The van der Waals surface area contributed by atoms with Gasteiger partial charge in [0.15, 0.2) is 0 Å². The maximum absolute atomic E-state index is 10.6. The summed E-state index contributed by atoms with van der Waals surface area (Å²) < 4.78 is 0. The Labute approximate surface area is 70.0 Å². The van der Waals surface area contributed by atoms with E-state index >= 15 is 0 Å². The van der Waals surface area contributed by atoms with Crippen LogP contribution in [0.25, 0.3) is 0 Å². The first kappa shape index (κ1) is 7.34. The Kier molecular flexibility index (Phi) is 1.81. The molecule has 0 amide bonds. The molecular formula is C8H11N3O. The van der Waals surface area contributed by atoms with E-state index in [-0.39, 0.29) is 5.56 Å². The molecule has 1 fully saturated rings. The fraction of sp³-hybridized carbons (Fsp3) is 0.500. The largest absolute Gasteiger partial charge is 0.366 e. The molecule has 0 unspecified atom stereocenters. The van der Waals surface area contributed by atoms with Gasteiger partial charge in [-0.15, -0.1) is 0 Å². The molecule has 12 heavy (non-hydrogen) atoms. The van der Waals surface area contributed by atoms with Gasteiger partial charge in [0.2, 0.25) is 0 Å².